The topological polar surface area (TPSA) is 41.3 Å². The molecule has 0 fully saturated rings. The standard InChI is InChI=1S/C12H17N3/c1-15-8-6-11(7-9-15)10-2-4-12(14-13)5-3-10/h2-6,14H,7-9,13H2,1H3. The summed E-state index contributed by atoms with van der Waals surface area (Å²) in [4.78, 5) is 2.32. The van der Waals surface area contributed by atoms with Gasteiger partial charge < -0.3 is 10.3 Å². The molecule has 3 nitrogen and oxygen atoms in total. The Labute approximate surface area is 90.5 Å². The highest BCUT2D eigenvalue weighted by molar-refractivity contribution is 5.68. The second-order valence-corrected chi connectivity index (χ2v) is 3.96. The van der Waals surface area contributed by atoms with Crippen molar-refractivity contribution in [1.82, 2.24) is 4.90 Å². The zero-order valence-electron chi connectivity index (χ0n) is 9.03. The van der Waals surface area contributed by atoms with E-state index < -0.39 is 0 Å². The number of hydrazine groups is 1. The lowest BCUT2D eigenvalue weighted by Crippen LogP contribution is -2.23. The van der Waals surface area contributed by atoms with Gasteiger partial charge in [-0.05, 0) is 36.7 Å². The molecule has 15 heavy (non-hydrogen) atoms. The first-order chi connectivity index (χ1) is 7.29. The molecule has 1 aliphatic heterocycles. The Kier molecular flexibility index (Phi) is 3.04. The number of anilines is 1. The van der Waals surface area contributed by atoms with Crippen LogP contribution in [-0.4, -0.2) is 25.0 Å². The van der Waals surface area contributed by atoms with Crippen LogP contribution < -0.4 is 11.3 Å². The molecule has 0 saturated carbocycles. The van der Waals surface area contributed by atoms with Crippen LogP contribution in [0.5, 0.6) is 0 Å². The van der Waals surface area contributed by atoms with E-state index in [0.29, 0.717) is 0 Å². The maximum Gasteiger partial charge on any atom is 0.0485 e. The fraction of sp³-hybridized carbons (Fsp3) is 0.333. The summed E-state index contributed by atoms with van der Waals surface area (Å²) in [5.41, 5.74) is 6.34. The van der Waals surface area contributed by atoms with E-state index in [1.807, 2.05) is 12.1 Å². The summed E-state index contributed by atoms with van der Waals surface area (Å²) in [5.74, 6) is 5.33. The van der Waals surface area contributed by atoms with Crippen LogP contribution in [0, 0.1) is 0 Å². The Balaban J connectivity index is 2.16. The number of likely N-dealkylation sites (N-methyl/N-ethyl adjacent to an activating group) is 1. The molecule has 3 N–H and O–H groups in total. The van der Waals surface area contributed by atoms with Gasteiger partial charge in [-0.1, -0.05) is 18.2 Å². The monoisotopic (exact) mass is 203 g/mol. The molecular weight excluding hydrogens is 186 g/mol. The van der Waals surface area contributed by atoms with E-state index in [-0.39, 0.29) is 0 Å². The predicted molar refractivity (Wildman–Crippen MR) is 64.3 cm³/mol. The molecule has 80 valence electrons. The molecule has 1 aliphatic rings. The second kappa shape index (κ2) is 4.47. The largest absolute Gasteiger partial charge is 0.324 e. The Morgan fingerprint density at radius 1 is 1.27 bits per heavy atom. The van der Waals surface area contributed by atoms with E-state index in [1.54, 1.807) is 0 Å². The molecule has 0 amide bonds. The molecule has 0 spiro atoms. The summed E-state index contributed by atoms with van der Waals surface area (Å²) in [6, 6.07) is 8.25. The Morgan fingerprint density at radius 3 is 2.53 bits per heavy atom. The fourth-order valence-electron chi connectivity index (χ4n) is 1.81. The fourth-order valence-corrected chi connectivity index (χ4v) is 1.81. The van der Waals surface area contributed by atoms with Gasteiger partial charge in [0.1, 0.15) is 0 Å². The quantitative estimate of drug-likeness (QED) is 0.567. The van der Waals surface area contributed by atoms with Gasteiger partial charge in [0, 0.05) is 18.8 Å². The first-order valence-corrected chi connectivity index (χ1v) is 5.24. The van der Waals surface area contributed by atoms with Crippen molar-refractivity contribution in [1.29, 1.82) is 0 Å². The van der Waals surface area contributed by atoms with Crippen molar-refractivity contribution in [2.75, 3.05) is 25.6 Å². The van der Waals surface area contributed by atoms with Crippen molar-refractivity contribution in [2.45, 2.75) is 6.42 Å². The highest BCUT2D eigenvalue weighted by Gasteiger charge is 2.08. The van der Waals surface area contributed by atoms with Crippen molar-refractivity contribution in [3.63, 3.8) is 0 Å². The van der Waals surface area contributed by atoms with Gasteiger partial charge in [0.25, 0.3) is 0 Å². The van der Waals surface area contributed by atoms with Crippen molar-refractivity contribution < 1.29 is 0 Å². The van der Waals surface area contributed by atoms with Crippen LogP contribution in [0.1, 0.15) is 12.0 Å². The Morgan fingerprint density at radius 2 is 2.00 bits per heavy atom. The smallest absolute Gasteiger partial charge is 0.0485 e. The lowest BCUT2D eigenvalue weighted by Gasteiger charge is -2.22. The van der Waals surface area contributed by atoms with Crippen LogP contribution in [0.25, 0.3) is 5.57 Å². The number of benzene rings is 1. The van der Waals surface area contributed by atoms with Crippen molar-refractivity contribution >= 4 is 11.3 Å². The highest BCUT2D eigenvalue weighted by Crippen LogP contribution is 2.22. The summed E-state index contributed by atoms with van der Waals surface area (Å²) in [5, 5.41) is 0. The Hall–Kier alpha value is -1.32. The van der Waals surface area contributed by atoms with E-state index in [9.17, 15) is 0 Å². The van der Waals surface area contributed by atoms with E-state index in [4.69, 9.17) is 5.84 Å². The summed E-state index contributed by atoms with van der Waals surface area (Å²) in [6.07, 6.45) is 3.43. The molecule has 2 rings (SSSR count). The normalized spacial score (nSPS) is 17.3. The summed E-state index contributed by atoms with van der Waals surface area (Å²) in [6.45, 7) is 2.19. The lowest BCUT2D eigenvalue weighted by atomic mass is 9.99. The van der Waals surface area contributed by atoms with Crippen LogP contribution in [-0.2, 0) is 0 Å². The van der Waals surface area contributed by atoms with E-state index >= 15 is 0 Å². The summed E-state index contributed by atoms with van der Waals surface area (Å²) in [7, 11) is 2.15. The molecule has 0 unspecified atom stereocenters. The van der Waals surface area contributed by atoms with Crippen LogP contribution in [0.15, 0.2) is 30.3 Å². The third kappa shape index (κ3) is 2.37. The predicted octanol–water partition coefficient (Wildman–Crippen LogP) is 1.69. The minimum Gasteiger partial charge on any atom is -0.324 e. The van der Waals surface area contributed by atoms with Gasteiger partial charge in [-0.25, -0.2) is 0 Å². The summed E-state index contributed by atoms with van der Waals surface area (Å²) < 4.78 is 0. The molecule has 3 heteroatoms. The average Bonchev–Trinajstić information content (AvgIpc) is 2.30. The zero-order valence-corrected chi connectivity index (χ0v) is 9.03. The van der Waals surface area contributed by atoms with Crippen molar-refractivity contribution in [2.24, 2.45) is 5.84 Å². The number of nitrogens with zero attached hydrogens (tertiary/aromatic N) is 1. The number of hydrogen-bond acceptors (Lipinski definition) is 3. The van der Waals surface area contributed by atoms with Crippen LogP contribution in [0.4, 0.5) is 5.69 Å². The average molecular weight is 203 g/mol. The molecule has 1 aromatic carbocycles. The van der Waals surface area contributed by atoms with Gasteiger partial charge in [-0.2, -0.15) is 0 Å². The van der Waals surface area contributed by atoms with Gasteiger partial charge in [0.15, 0.2) is 0 Å². The molecule has 0 aromatic heterocycles. The molecule has 1 aromatic rings. The number of nitrogen functional groups attached to an aromatic ring is 1. The van der Waals surface area contributed by atoms with Gasteiger partial charge in [-0.15, -0.1) is 0 Å². The SMILES string of the molecule is CN1CC=C(c2ccc(NN)cc2)CC1. The maximum absolute atomic E-state index is 5.33. The van der Waals surface area contributed by atoms with E-state index in [0.717, 1.165) is 25.2 Å². The number of rotatable bonds is 2. The Bertz CT molecular complexity index is 354. The van der Waals surface area contributed by atoms with Crippen molar-refractivity contribution in [3.05, 3.63) is 35.9 Å². The third-order valence-electron chi connectivity index (χ3n) is 2.83. The molecule has 0 aliphatic carbocycles. The van der Waals surface area contributed by atoms with Crippen LogP contribution in [0.2, 0.25) is 0 Å². The van der Waals surface area contributed by atoms with Crippen LogP contribution in [0.3, 0.4) is 0 Å². The van der Waals surface area contributed by atoms with Gasteiger partial charge in [0.2, 0.25) is 0 Å². The van der Waals surface area contributed by atoms with Gasteiger partial charge in [-0.3, -0.25) is 5.84 Å². The minimum absolute atomic E-state index is 0.951. The zero-order chi connectivity index (χ0) is 10.7. The van der Waals surface area contributed by atoms with E-state index in [2.05, 4.69) is 35.6 Å². The number of nitrogens with two attached hydrogens (primary N) is 1. The first-order valence-electron chi connectivity index (χ1n) is 5.24. The van der Waals surface area contributed by atoms with Gasteiger partial charge in [0.05, 0.1) is 0 Å². The number of nitrogens with one attached hydrogen (secondary N) is 1. The molecular formula is C12H17N3. The molecule has 0 radical (unpaired) electrons. The minimum atomic E-state index is 0.951. The summed E-state index contributed by atoms with van der Waals surface area (Å²) >= 11 is 0. The molecule has 0 atom stereocenters. The lowest BCUT2D eigenvalue weighted by molar-refractivity contribution is 0.370. The second-order valence-electron chi connectivity index (χ2n) is 3.96. The van der Waals surface area contributed by atoms with Gasteiger partial charge >= 0.3 is 0 Å². The van der Waals surface area contributed by atoms with Crippen LogP contribution >= 0.6 is 0 Å². The first kappa shape index (κ1) is 10.2. The van der Waals surface area contributed by atoms with Crippen molar-refractivity contribution in [3.8, 4) is 0 Å². The maximum atomic E-state index is 5.33. The number of hydrogen-bond donors (Lipinski definition) is 2. The highest BCUT2D eigenvalue weighted by atomic mass is 15.2. The molecule has 1 heterocycles. The molecule has 0 saturated heterocycles. The molecule has 0 bridgehead atoms. The van der Waals surface area contributed by atoms with E-state index in [1.165, 1.54) is 11.1 Å². The third-order valence-corrected chi connectivity index (χ3v) is 2.83.